The first-order chi connectivity index (χ1) is 13.6. The Balaban J connectivity index is 1.66. The Labute approximate surface area is 161 Å². The lowest BCUT2D eigenvalue weighted by molar-refractivity contribution is 0.0691. The van der Waals surface area contributed by atoms with Crippen LogP contribution >= 0.6 is 0 Å². The van der Waals surface area contributed by atoms with E-state index in [9.17, 15) is 9.90 Å². The number of fused-ring (bicyclic) bond motifs is 1. The van der Waals surface area contributed by atoms with E-state index in [0.717, 1.165) is 11.1 Å². The molecule has 3 aromatic rings. The Bertz CT molecular complexity index is 1040. The zero-order valence-electron chi connectivity index (χ0n) is 15.4. The number of ether oxygens (including phenoxy) is 1. The van der Waals surface area contributed by atoms with Gasteiger partial charge in [0.05, 0.1) is 19.4 Å². The predicted octanol–water partition coefficient (Wildman–Crippen LogP) is 2.02. The summed E-state index contributed by atoms with van der Waals surface area (Å²) >= 11 is 0. The van der Waals surface area contributed by atoms with Gasteiger partial charge in [-0.2, -0.15) is 10.1 Å². The highest BCUT2D eigenvalue weighted by Gasteiger charge is 2.19. The number of morpholine rings is 1. The van der Waals surface area contributed by atoms with Gasteiger partial charge in [-0.1, -0.05) is 29.8 Å². The molecule has 0 unspecified atom stereocenters. The van der Waals surface area contributed by atoms with Crippen LogP contribution in [0.15, 0.2) is 41.6 Å². The van der Waals surface area contributed by atoms with Crippen molar-refractivity contribution in [1.29, 1.82) is 0 Å². The summed E-state index contributed by atoms with van der Waals surface area (Å²) in [6.07, 6.45) is 3.19. The second-order valence-corrected chi connectivity index (χ2v) is 6.48. The normalized spacial score (nSPS) is 14.7. The van der Waals surface area contributed by atoms with E-state index in [-0.39, 0.29) is 5.69 Å². The first kappa shape index (κ1) is 17.9. The third-order valence-electron chi connectivity index (χ3n) is 4.38. The molecule has 3 heterocycles. The smallest absolute Gasteiger partial charge is 0.356 e. The highest BCUT2D eigenvalue weighted by molar-refractivity contribution is 5.86. The van der Waals surface area contributed by atoms with Crippen LogP contribution in [0.1, 0.15) is 21.6 Å². The van der Waals surface area contributed by atoms with E-state index in [1.807, 2.05) is 36.1 Å². The number of nitrogens with one attached hydrogen (secondary N) is 1. The lowest BCUT2D eigenvalue weighted by atomic mass is 10.2. The molecule has 1 aliphatic heterocycles. The van der Waals surface area contributed by atoms with Crippen LogP contribution in [0.25, 0.3) is 5.65 Å². The van der Waals surface area contributed by atoms with E-state index in [4.69, 9.17) is 4.74 Å². The maximum Gasteiger partial charge on any atom is 0.356 e. The number of aromatic carboxylic acids is 1. The summed E-state index contributed by atoms with van der Waals surface area (Å²) in [6, 6.07) is 9.64. The number of carboxylic acid groups (broad SMARTS) is 1. The van der Waals surface area contributed by atoms with Gasteiger partial charge in [0, 0.05) is 25.4 Å². The summed E-state index contributed by atoms with van der Waals surface area (Å²) in [4.78, 5) is 22.2. The molecular weight excluding hydrogens is 360 g/mol. The van der Waals surface area contributed by atoms with Crippen LogP contribution in [0.2, 0.25) is 0 Å². The van der Waals surface area contributed by atoms with Crippen molar-refractivity contribution in [1.82, 2.24) is 14.4 Å². The van der Waals surface area contributed by atoms with Gasteiger partial charge >= 0.3 is 5.97 Å². The molecule has 2 N–H and O–H groups in total. The molecule has 9 nitrogen and oxygen atoms in total. The Morgan fingerprint density at radius 1 is 1.29 bits per heavy atom. The van der Waals surface area contributed by atoms with Crippen LogP contribution in [0, 0.1) is 6.92 Å². The molecule has 0 bridgehead atoms. The third-order valence-corrected chi connectivity index (χ3v) is 4.38. The minimum Gasteiger partial charge on any atom is -0.476 e. The molecule has 0 atom stereocenters. The van der Waals surface area contributed by atoms with E-state index in [0.29, 0.717) is 43.7 Å². The number of carboxylic acids is 1. The van der Waals surface area contributed by atoms with Crippen molar-refractivity contribution in [3.63, 3.8) is 0 Å². The number of hydrogen-bond donors (Lipinski definition) is 2. The van der Waals surface area contributed by atoms with Gasteiger partial charge in [0.15, 0.2) is 11.5 Å². The fourth-order valence-corrected chi connectivity index (χ4v) is 3.04. The van der Waals surface area contributed by atoms with Gasteiger partial charge in [0.1, 0.15) is 5.65 Å². The zero-order chi connectivity index (χ0) is 19.5. The number of rotatable bonds is 5. The van der Waals surface area contributed by atoms with Gasteiger partial charge in [0.25, 0.3) is 0 Å². The van der Waals surface area contributed by atoms with Gasteiger partial charge in [-0.25, -0.2) is 9.78 Å². The van der Waals surface area contributed by atoms with Crippen molar-refractivity contribution in [3.05, 3.63) is 53.3 Å². The summed E-state index contributed by atoms with van der Waals surface area (Å²) in [5, 5.41) is 13.5. The molecule has 0 amide bonds. The van der Waals surface area contributed by atoms with Crippen LogP contribution in [0.4, 0.5) is 11.8 Å². The van der Waals surface area contributed by atoms with Crippen LogP contribution in [0.5, 0.6) is 0 Å². The first-order valence-electron chi connectivity index (χ1n) is 8.92. The maximum atomic E-state index is 11.3. The average molecular weight is 380 g/mol. The van der Waals surface area contributed by atoms with Gasteiger partial charge in [-0.05, 0) is 12.5 Å². The number of aryl methyl sites for hydroxylation is 1. The van der Waals surface area contributed by atoms with Crippen LogP contribution in [-0.2, 0) is 4.74 Å². The predicted molar refractivity (Wildman–Crippen MR) is 105 cm³/mol. The second kappa shape index (κ2) is 7.65. The van der Waals surface area contributed by atoms with E-state index < -0.39 is 5.97 Å². The Morgan fingerprint density at radius 3 is 2.86 bits per heavy atom. The largest absolute Gasteiger partial charge is 0.476 e. The maximum absolute atomic E-state index is 11.3. The topological polar surface area (TPSA) is 104 Å². The molecule has 1 aromatic carbocycles. The van der Waals surface area contributed by atoms with Crippen molar-refractivity contribution in [2.75, 3.05) is 36.6 Å². The molecular formula is C19H20N6O3. The van der Waals surface area contributed by atoms with Crippen molar-refractivity contribution in [3.8, 4) is 0 Å². The third kappa shape index (κ3) is 3.79. The zero-order valence-corrected chi connectivity index (χ0v) is 15.4. The van der Waals surface area contributed by atoms with E-state index in [2.05, 4.69) is 20.5 Å². The second-order valence-electron chi connectivity index (χ2n) is 6.48. The van der Waals surface area contributed by atoms with Crippen molar-refractivity contribution >= 4 is 29.6 Å². The van der Waals surface area contributed by atoms with Gasteiger partial charge in [-0.3, -0.25) is 9.83 Å². The SMILES string of the molecule is Cc1cccc(/C=N/Nc2cc3nc(C(=O)O)cn3c(N3CCOCC3)n2)c1. The summed E-state index contributed by atoms with van der Waals surface area (Å²) in [7, 11) is 0. The number of anilines is 2. The van der Waals surface area contributed by atoms with Crippen LogP contribution in [-0.4, -0.2) is 58.0 Å². The quantitative estimate of drug-likeness (QED) is 0.515. The summed E-state index contributed by atoms with van der Waals surface area (Å²) in [6.45, 7) is 4.53. The number of benzene rings is 1. The fraction of sp³-hybridized carbons (Fsp3) is 0.263. The Kier molecular flexibility index (Phi) is 4.90. The van der Waals surface area contributed by atoms with Gasteiger partial charge in [0.2, 0.25) is 5.95 Å². The highest BCUT2D eigenvalue weighted by atomic mass is 16.5. The first-order valence-corrected chi connectivity index (χ1v) is 8.92. The molecule has 1 saturated heterocycles. The number of nitrogens with zero attached hydrogens (tertiary/aromatic N) is 5. The summed E-state index contributed by atoms with van der Waals surface area (Å²) in [5.74, 6) is 0.0121. The van der Waals surface area contributed by atoms with Gasteiger partial charge in [-0.15, -0.1) is 0 Å². The van der Waals surface area contributed by atoms with E-state index in [1.54, 1.807) is 16.7 Å². The number of hydrogen-bond acceptors (Lipinski definition) is 7. The summed E-state index contributed by atoms with van der Waals surface area (Å²) in [5.41, 5.74) is 5.50. The fourth-order valence-electron chi connectivity index (χ4n) is 3.04. The molecule has 2 aromatic heterocycles. The molecule has 0 saturated carbocycles. The number of aromatic nitrogens is 3. The molecule has 144 valence electrons. The van der Waals surface area contributed by atoms with Crippen molar-refractivity contribution in [2.24, 2.45) is 5.10 Å². The molecule has 0 radical (unpaired) electrons. The monoisotopic (exact) mass is 380 g/mol. The minimum atomic E-state index is -1.08. The number of carbonyl (C=O) groups is 1. The molecule has 4 rings (SSSR count). The highest BCUT2D eigenvalue weighted by Crippen LogP contribution is 2.21. The van der Waals surface area contributed by atoms with Crippen LogP contribution in [0.3, 0.4) is 0 Å². The van der Waals surface area contributed by atoms with E-state index >= 15 is 0 Å². The molecule has 9 heteroatoms. The molecule has 0 spiro atoms. The van der Waals surface area contributed by atoms with Crippen molar-refractivity contribution < 1.29 is 14.6 Å². The summed E-state index contributed by atoms with van der Waals surface area (Å²) < 4.78 is 7.09. The lowest BCUT2D eigenvalue weighted by Crippen LogP contribution is -2.38. The Morgan fingerprint density at radius 2 is 2.11 bits per heavy atom. The van der Waals surface area contributed by atoms with Crippen molar-refractivity contribution in [2.45, 2.75) is 6.92 Å². The molecule has 0 aliphatic carbocycles. The molecule has 1 fully saturated rings. The number of hydrazone groups is 1. The average Bonchev–Trinajstić information content (AvgIpc) is 3.13. The number of imidazole rings is 1. The molecule has 28 heavy (non-hydrogen) atoms. The standard InChI is InChI=1S/C19H20N6O3/c1-13-3-2-4-14(9-13)11-20-23-16-10-17-21-15(18(26)27)12-25(17)19(22-16)24-5-7-28-8-6-24/h2-4,9-12,23H,5-8H2,1H3,(H,26,27)/b20-11+. The van der Waals surface area contributed by atoms with Gasteiger partial charge < -0.3 is 14.7 Å². The Hall–Kier alpha value is -3.46. The lowest BCUT2D eigenvalue weighted by Gasteiger charge is -2.28. The van der Waals surface area contributed by atoms with E-state index in [1.165, 1.54) is 6.20 Å². The molecule has 1 aliphatic rings. The van der Waals surface area contributed by atoms with Crippen LogP contribution < -0.4 is 10.3 Å². The minimum absolute atomic E-state index is 0.0308.